The highest BCUT2D eigenvalue weighted by Gasteiger charge is 2.43. The summed E-state index contributed by atoms with van der Waals surface area (Å²) in [6, 6.07) is 0. The number of thiazole rings is 1. The van der Waals surface area contributed by atoms with Crippen molar-refractivity contribution in [3.63, 3.8) is 0 Å². The number of nitrogens with one attached hydrogen (secondary N) is 2. The molecule has 5 heteroatoms. The number of nitrogens with zero attached hydrogens (tertiary/aromatic N) is 1. The molecular formula is C12H19N3OS. The highest BCUT2D eigenvalue weighted by molar-refractivity contribution is 7.09. The SMILES string of the molecule is CC(C)C1(C(=O)NCc2cncs2)CCNC1. The molecule has 4 nitrogen and oxygen atoms in total. The minimum Gasteiger partial charge on any atom is -0.351 e. The average Bonchev–Trinajstić information content (AvgIpc) is 2.97. The lowest BCUT2D eigenvalue weighted by Crippen LogP contribution is -2.45. The van der Waals surface area contributed by atoms with Gasteiger partial charge in [-0.15, -0.1) is 11.3 Å². The lowest BCUT2D eigenvalue weighted by molar-refractivity contribution is -0.132. The van der Waals surface area contributed by atoms with Crippen LogP contribution in [0.4, 0.5) is 0 Å². The molecule has 1 fully saturated rings. The standard InChI is InChI=1S/C12H19N3OS/c1-9(2)12(3-4-13-7-12)11(16)15-6-10-5-14-8-17-10/h5,8-9,13H,3-4,6-7H2,1-2H3,(H,15,16). The van der Waals surface area contributed by atoms with Crippen molar-refractivity contribution in [1.29, 1.82) is 0 Å². The second-order valence-electron chi connectivity index (χ2n) is 4.89. The number of carbonyl (C=O) groups is 1. The fourth-order valence-corrected chi connectivity index (χ4v) is 2.87. The van der Waals surface area contributed by atoms with E-state index in [0.29, 0.717) is 12.5 Å². The van der Waals surface area contributed by atoms with E-state index < -0.39 is 0 Å². The van der Waals surface area contributed by atoms with E-state index in [9.17, 15) is 4.79 Å². The van der Waals surface area contributed by atoms with Crippen LogP contribution in [0.3, 0.4) is 0 Å². The predicted octanol–water partition coefficient (Wildman–Crippen LogP) is 1.40. The third kappa shape index (κ3) is 2.50. The Balaban J connectivity index is 1.98. The summed E-state index contributed by atoms with van der Waals surface area (Å²) in [5, 5.41) is 6.34. The zero-order chi connectivity index (χ0) is 12.3. The second kappa shape index (κ2) is 5.14. The number of rotatable bonds is 4. The minimum absolute atomic E-state index is 0.172. The number of carbonyl (C=O) groups excluding carboxylic acids is 1. The molecular weight excluding hydrogens is 234 g/mol. The third-order valence-corrected chi connectivity index (χ3v) is 4.43. The van der Waals surface area contributed by atoms with Crippen molar-refractivity contribution in [3.05, 3.63) is 16.6 Å². The van der Waals surface area contributed by atoms with E-state index in [4.69, 9.17) is 0 Å². The first-order chi connectivity index (χ1) is 8.15. The van der Waals surface area contributed by atoms with Gasteiger partial charge in [0.1, 0.15) is 0 Å². The molecule has 2 heterocycles. The molecule has 94 valence electrons. The summed E-state index contributed by atoms with van der Waals surface area (Å²) in [5.74, 6) is 0.532. The van der Waals surface area contributed by atoms with Gasteiger partial charge < -0.3 is 10.6 Å². The average molecular weight is 253 g/mol. The molecule has 1 aliphatic rings. The van der Waals surface area contributed by atoms with E-state index in [1.165, 1.54) is 0 Å². The van der Waals surface area contributed by atoms with Crippen LogP contribution in [-0.2, 0) is 11.3 Å². The van der Waals surface area contributed by atoms with E-state index in [1.54, 1.807) is 23.0 Å². The first-order valence-electron chi connectivity index (χ1n) is 6.01. The molecule has 1 aromatic heterocycles. The maximum atomic E-state index is 12.3. The maximum absolute atomic E-state index is 12.3. The van der Waals surface area contributed by atoms with Crippen LogP contribution in [0.5, 0.6) is 0 Å². The van der Waals surface area contributed by atoms with E-state index in [2.05, 4.69) is 29.5 Å². The van der Waals surface area contributed by atoms with Gasteiger partial charge in [-0.05, 0) is 18.9 Å². The Morgan fingerprint density at radius 1 is 1.71 bits per heavy atom. The number of hydrogen-bond acceptors (Lipinski definition) is 4. The van der Waals surface area contributed by atoms with Gasteiger partial charge in [-0.25, -0.2) is 0 Å². The van der Waals surface area contributed by atoms with Gasteiger partial charge in [-0.3, -0.25) is 9.78 Å². The van der Waals surface area contributed by atoms with Gasteiger partial charge in [0.05, 0.1) is 17.5 Å². The summed E-state index contributed by atoms with van der Waals surface area (Å²) >= 11 is 1.57. The summed E-state index contributed by atoms with van der Waals surface area (Å²) in [7, 11) is 0. The highest BCUT2D eigenvalue weighted by Crippen LogP contribution is 2.34. The van der Waals surface area contributed by atoms with Crippen LogP contribution in [0.25, 0.3) is 0 Å². The highest BCUT2D eigenvalue weighted by atomic mass is 32.1. The molecule has 2 rings (SSSR count). The summed E-state index contributed by atoms with van der Waals surface area (Å²) in [5.41, 5.74) is 1.56. The van der Waals surface area contributed by atoms with E-state index in [0.717, 1.165) is 24.4 Å². The molecule has 0 aliphatic carbocycles. The van der Waals surface area contributed by atoms with Gasteiger partial charge in [-0.2, -0.15) is 0 Å². The summed E-state index contributed by atoms with van der Waals surface area (Å²) < 4.78 is 0. The fraction of sp³-hybridized carbons (Fsp3) is 0.667. The number of aromatic nitrogens is 1. The summed E-state index contributed by atoms with van der Waals surface area (Å²) in [6.07, 6.45) is 2.74. The largest absolute Gasteiger partial charge is 0.351 e. The molecule has 17 heavy (non-hydrogen) atoms. The molecule has 0 bridgehead atoms. The lowest BCUT2D eigenvalue weighted by atomic mass is 9.75. The smallest absolute Gasteiger partial charge is 0.228 e. The normalized spacial score (nSPS) is 24.2. The van der Waals surface area contributed by atoms with Crippen molar-refractivity contribution in [2.75, 3.05) is 13.1 Å². The van der Waals surface area contributed by atoms with Crippen LogP contribution in [0, 0.1) is 11.3 Å². The van der Waals surface area contributed by atoms with Crippen molar-refractivity contribution >= 4 is 17.2 Å². The zero-order valence-electron chi connectivity index (χ0n) is 10.3. The molecule has 1 atom stereocenters. The Morgan fingerprint density at radius 3 is 3.06 bits per heavy atom. The molecule has 0 aromatic carbocycles. The quantitative estimate of drug-likeness (QED) is 0.852. The van der Waals surface area contributed by atoms with Crippen LogP contribution in [0.1, 0.15) is 25.1 Å². The van der Waals surface area contributed by atoms with Crippen LogP contribution >= 0.6 is 11.3 Å². The van der Waals surface area contributed by atoms with Crippen LogP contribution < -0.4 is 10.6 Å². The molecule has 2 N–H and O–H groups in total. The first-order valence-corrected chi connectivity index (χ1v) is 6.89. The Bertz CT molecular complexity index is 369. The molecule has 0 radical (unpaired) electrons. The van der Waals surface area contributed by atoms with E-state index in [-0.39, 0.29) is 11.3 Å². The summed E-state index contributed by atoms with van der Waals surface area (Å²) in [4.78, 5) is 17.4. The fourth-order valence-electron chi connectivity index (χ4n) is 2.33. The summed E-state index contributed by atoms with van der Waals surface area (Å²) in [6.45, 7) is 6.57. The molecule has 1 unspecified atom stereocenters. The van der Waals surface area contributed by atoms with Crippen LogP contribution in [0.15, 0.2) is 11.7 Å². The Morgan fingerprint density at radius 2 is 2.53 bits per heavy atom. The van der Waals surface area contributed by atoms with Crippen molar-refractivity contribution in [3.8, 4) is 0 Å². The van der Waals surface area contributed by atoms with Crippen molar-refractivity contribution in [2.24, 2.45) is 11.3 Å². The van der Waals surface area contributed by atoms with Gasteiger partial charge in [0.2, 0.25) is 5.91 Å². The topological polar surface area (TPSA) is 54.0 Å². The van der Waals surface area contributed by atoms with E-state index >= 15 is 0 Å². The molecule has 0 spiro atoms. The van der Waals surface area contributed by atoms with Gasteiger partial charge in [0.25, 0.3) is 0 Å². The van der Waals surface area contributed by atoms with Crippen LogP contribution in [0.2, 0.25) is 0 Å². The zero-order valence-corrected chi connectivity index (χ0v) is 11.1. The van der Waals surface area contributed by atoms with E-state index in [1.807, 2.05) is 0 Å². The Hall–Kier alpha value is -0.940. The monoisotopic (exact) mass is 253 g/mol. The van der Waals surface area contributed by atoms with Crippen molar-refractivity contribution < 1.29 is 4.79 Å². The van der Waals surface area contributed by atoms with Gasteiger partial charge in [0, 0.05) is 17.6 Å². The lowest BCUT2D eigenvalue weighted by Gasteiger charge is -2.30. The van der Waals surface area contributed by atoms with Gasteiger partial charge >= 0.3 is 0 Å². The van der Waals surface area contributed by atoms with Crippen molar-refractivity contribution in [2.45, 2.75) is 26.8 Å². The minimum atomic E-state index is -0.231. The maximum Gasteiger partial charge on any atom is 0.228 e. The van der Waals surface area contributed by atoms with Gasteiger partial charge in [0.15, 0.2) is 0 Å². The molecule has 1 aliphatic heterocycles. The Labute approximate surface area is 106 Å². The number of amides is 1. The molecule has 1 aromatic rings. The molecule has 1 saturated heterocycles. The Kier molecular flexibility index (Phi) is 3.79. The van der Waals surface area contributed by atoms with Crippen LogP contribution in [-0.4, -0.2) is 24.0 Å². The second-order valence-corrected chi connectivity index (χ2v) is 5.86. The molecule has 1 amide bonds. The van der Waals surface area contributed by atoms with Crippen molar-refractivity contribution in [1.82, 2.24) is 15.6 Å². The number of hydrogen-bond donors (Lipinski definition) is 2. The first kappa shape index (κ1) is 12.5. The molecule has 0 saturated carbocycles. The van der Waals surface area contributed by atoms with Gasteiger partial charge in [-0.1, -0.05) is 13.8 Å². The third-order valence-electron chi connectivity index (χ3n) is 3.65. The predicted molar refractivity (Wildman–Crippen MR) is 68.7 cm³/mol.